The van der Waals surface area contributed by atoms with Crippen LogP contribution in [0.1, 0.15) is 12.5 Å². The number of aliphatic carboxylic acids is 1. The summed E-state index contributed by atoms with van der Waals surface area (Å²) in [6.45, 7) is 1.09. The van der Waals surface area contributed by atoms with Crippen molar-refractivity contribution in [3.63, 3.8) is 0 Å². The number of hydrogen-bond donors (Lipinski definition) is 1. The highest BCUT2D eigenvalue weighted by Crippen LogP contribution is 2.34. The molecule has 0 saturated heterocycles. The number of rotatable bonds is 5. The van der Waals surface area contributed by atoms with Gasteiger partial charge in [0, 0.05) is 0 Å². The Kier molecular flexibility index (Phi) is 5.07. The third-order valence-corrected chi connectivity index (χ3v) is 5.35. The first-order valence-electron chi connectivity index (χ1n) is 7.04. The van der Waals surface area contributed by atoms with Gasteiger partial charge in [0.1, 0.15) is 6.04 Å². The van der Waals surface area contributed by atoms with E-state index in [4.69, 9.17) is 0 Å². The summed E-state index contributed by atoms with van der Waals surface area (Å²) in [5.41, 5.74) is -1.45. The van der Waals surface area contributed by atoms with E-state index in [2.05, 4.69) is 0 Å². The van der Waals surface area contributed by atoms with Gasteiger partial charge in [-0.2, -0.15) is 13.2 Å². The number of carbonyl (C=O) groups is 1. The third-order valence-electron chi connectivity index (χ3n) is 3.44. The molecule has 134 valence electrons. The molecule has 2 aromatic rings. The molecule has 0 amide bonds. The predicted molar refractivity (Wildman–Crippen MR) is 84.6 cm³/mol. The Morgan fingerprint density at radius 2 is 1.68 bits per heavy atom. The Bertz CT molecular complexity index is 866. The maximum absolute atomic E-state index is 12.9. The molecule has 0 aliphatic heterocycles. The maximum Gasteiger partial charge on any atom is 0.416 e. The van der Waals surface area contributed by atoms with Gasteiger partial charge < -0.3 is 5.11 Å². The van der Waals surface area contributed by atoms with Crippen molar-refractivity contribution in [3.05, 3.63) is 60.2 Å². The summed E-state index contributed by atoms with van der Waals surface area (Å²) in [6, 6.07) is 8.85. The SMILES string of the molecule is CC(C(=O)O)N(c1cccc(C(F)(F)F)c1)S(=O)(=O)c1ccccc1. The number of carboxylic acids is 1. The number of nitrogens with zero attached hydrogens (tertiary/aromatic N) is 1. The van der Waals surface area contributed by atoms with Crippen LogP contribution in [-0.4, -0.2) is 25.5 Å². The summed E-state index contributed by atoms with van der Waals surface area (Å²) in [6.07, 6.45) is -4.69. The summed E-state index contributed by atoms with van der Waals surface area (Å²) < 4.78 is 64.9. The molecule has 1 N–H and O–H groups in total. The van der Waals surface area contributed by atoms with Gasteiger partial charge in [-0.25, -0.2) is 13.2 Å². The first-order chi connectivity index (χ1) is 11.5. The van der Waals surface area contributed by atoms with Crippen LogP contribution in [0, 0.1) is 0 Å². The van der Waals surface area contributed by atoms with Crippen LogP contribution in [0.4, 0.5) is 18.9 Å². The van der Waals surface area contributed by atoms with E-state index in [1.54, 1.807) is 6.07 Å². The molecule has 2 aromatic carbocycles. The van der Waals surface area contributed by atoms with Crippen molar-refractivity contribution >= 4 is 21.7 Å². The molecule has 0 bridgehead atoms. The van der Waals surface area contributed by atoms with Gasteiger partial charge in [0.2, 0.25) is 0 Å². The van der Waals surface area contributed by atoms with Gasteiger partial charge in [-0.1, -0.05) is 24.3 Å². The zero-order valence-electron chi connectivity index (χ0n) is 12.9. The minimum absolute atomic E-state index is 0.222. The number of alkyl halides is 3. The molecular weight excluding hydrogens is 359 g/mol. The van der Waals surface area contributed by atoms with Crippen LogP contribution in [0.2, 0.25) is 0 Å². The van der Waals surface area contributed by atoms with Gasteiger partial charge in [-0.3, -0.25) is 4.31 Å². The Morgan fingerprint density at radius 3 is 2.20 bits per heavy atom. The fourth-order valence-electron chi connectivity index (χ4n) is 2.20. The molecule has 9 heteroatoms. The topological polar surface area (TPSA) is 74.7 Å². The maximum atomic E-state index is 12.9. The lowest BCUT2D eigenvalue weighted by atomic mass is 10.2. The van der Waals surface area contributed by atoms with E-state index in [-0.39, 0.29) is 10.6 Å². The Hall–Kier alpha value is -2.55. The predicted octanol–water partition coefficient (Wildman–Crippen LogP) is 3.37. The Morgan fingerprint density at radius 1 is 1.08 bits per heavy atom. The minimum Gasteiger partial charge on any atom is -0.480 e. The molecule has 5 nitrogen and oxygen atoms in total. The first-order valence-corrected chi connectivity index (χ1v) is 8.48. The number of hydrogen-bond acceptors (Lipinski definition) is 3. The minimum atomic E-state index is -4.69. The normalized spacial score (nSPS) is 13.3. The standard InChI is InChI=1S/C16H14F3NO4S/c1-11(15(21)22)20(25(23,24)14-8-3-2-4-9-14)13-7-5-6-12(10-13)16(17,18)19/h2-11H,1H3,(H,21,22). The highest BCUT2D eigenvalue weighted by molar-refractivity contribution is 7.92. The van der Waals surface area contributed by atoms with E-state index in [1.807, 2.05) is 0 Å². The zero-order chi connectivity index (χ0) is 18.8. The van der Waals surface area contributed by atoms with Crippen LogP contribution in [0.3, 0.4) is 0 Å². The molecule has 25 heavy (non-hydrogen) atoms. The molecule has 0 radical (unpaired) electrons. The van der Waals surface area contributed by atoms with Gasteiger partial charge in [0.15, 0.2) is 0 Å². The van der Waals surface area contributed by atoms with Crippen LogP contribution in [0.15, 0.2) is 59.5 Å². The molecule has 0 saturated carbocycles. The van der Waals surface area contributed by atoms with Gasteiger partial charge in [0.25, 0.3) is 10.0 Å². The van der Waals surface area contributed by atoms with Crippen LogP contribution in [-0.2, 0) is 21.0 Å². The summed E-state index contributed by atoms with van der Waals surface area (Å²) in [7, 11) is -4.38. The van der Waals surface area contributed by atoms with Crippen molar-refractivity contribution in [2.24, 2.45) is 0 Å². The summed E-state index contributed by atoms with van der Waals surface area (Å²) in [4.78, 5) is 11.1. The first kappa shape index (κ1) is 18.8. The second-order valence-corrected chi connectivity index (χ2v) is 6.99. The molecule has 0 aliphatic carbocycles. The number of benzene rings is 2. The van der Waals surface area contributed by atoms with Crippen molar-refractivity contribution in [2.45, 2.75) is 24.0 Å². The van der Waals surface area contributed by atoms with E-state index >= 15 is 0 Å². The van der Waals surface area contributed by atoms with E-state index in [9.17, 15) is 31.5 Å². The molecule has 2 rings (SSSR count). The Balaban J connectivity index is 2.65. The number of sulfonamides is 1. The summed E-state index contributed by atoms with van der Waals surface area (Å²) in [5, 5.41) is 9.22. The largest absolute Gasteiger partial charge is 0.480 e. The third kappa shape index (κ3) is 3.93. The van der Waals surface area contributed by atoms with Crippen LogP contribution in [0.25, 0.3) is 0 Å². The van der Waals surface area contributed by atoms with Gasteiger partial charge in [-0.15, -0.1) is 0 Å². The average Bonchev–Trinajstić information content (AvgIpc) is 2.55. The lowest BCUT2D eigenvalue weighted by Gasteiger charge is -2.28. The van der Waals surface area contributed by atoms with E-state index in [0.29, 0.717) is 10.4 Å². The van der Waals surface area contributed by atoms with Crippen molar-refractivity contribution in [2.75, 3.05) is 4.31 Å². The second kappa shape index (κ2) is 6.75. The highest BCUT2D eigenvalue weighted by atomic mass is 32.2. The average molecular weight is 373 g/mol. The van der Waals surface area contributed by atoms with E-state index < -0.39 is 33.8 Å². The number of anilines is 1. The molecule has 1 atom stereocenters. The zero-order valence-corrected chi connectivity index (χ0v) is 13.8. The highest BCUT2D eigenvalue weighted by Gasteiger charge is 2.36. The fraction of sp³-hybridized carbons (Fsp3) is 0.188. The van der Waals surface area contributed by atoms with Crippen LogP contribution < -0.4 is 4.31 Å². The lowest BCUT2D eigenvalue weighted by molar-refractivity contribution is -0.138. The lowest BCUT2D eigenvalue weighted by Crippen LogP contribution is -2.43. The molecule has 0 aromatic heterocycles. The van der Waals surface area contributed by atoms with Gasteiger partial charge >= 0.3 is 12.1 Å². The molecule has 1 unspecified atom stereocenters. The van der Waals surface area contributed by atoms with Crippen molar-refractivity contribution in [1.82, 2.24) is 0 Å². The molecule has 0 spiro atoms. The van der Waals surface area contributed by atoms with Gasteiger partial charge in [-0.05, 0) is 37.3 Å². The second-order valence-electron chi connectivity index (χ2n) is 5.18. The van der Waals surface area contributed by atoms with Crippen molar-refractivity contribution < 1.29 is 31.5 Å². The fourth-order valence-corrected chi connectivity index (χ4v) is 3.82. The quantitative estimate of drug-likeness (QED) is 0.872. The van der Waals surface area contributed by atoms with E-state index in [1.165, 1.54) is 24.3 Å². The molecular formula is C16H14F3NO4S. The smallest absolute Gasteiger partial charge is 0.416 e. The van der Waals surface area contributed by atoms with Crippen molar-refractivity contribution in [1.29, 1.82) is 0 Å². The Labute approximate surface area is 142 Å². The molecule has 0 fully saturated rings. The number of carboxylic acid groups (broad SMARTS) is 1. The monoisotopic (exact) mass is 373 g/mol. The van der Waals surface area contributed by atoms with Gasteiger partial charge in [0.05, 0.1) is 16.1 Å². The molecule has 0 aliphatic rings. The van der Waals surface area contributed by atoms with Crippen LogP contribution in [0.5, 0.6) is 0 Å². The van der Waals surface area contributed by atoms with Crippen molar-refractivity contribution in [3.8, 4) is 0 Å². The summed E-state index contributed by atoms with van der Waals surface area (Å²) in [5.74, 6) is -1.49. The summed E-state index contributed by atoms with van der Waals surface area (Å²) >= 11 is 0. The van der Waals surface area contributed by atoms with Crippen LogP contribution >= 0.6 is 0 Å². The molecule has 0 heterocycles. The van der Waals surface area contributed by atoms with E-state index in [0.717, 1.165) is 25.1 Å². The number of halogens is 3.